The average molecular weight is 501 g/mol. The maximum Gasteiger partial charge on any atom is 0.263 e. The Morgan fingerprint density at radius 1 is 1.29 bits per heavy atom. The number of piperidine rings is 1. The summed E-state index contributed by atoms with van der Waals surface area (Å²) in [7, 11) is -3.26. The number of ketones is 1. The van der Waals surface area contributed by atoms with Crippen LogP contribution in [0.3, 0.4) is 0 Å². The van der Waals surface area contributed by atoms with Crippen molar-refractivity contribution in [2.24, 2.45) is 16.3 Å². The Morgan fingerprint density at radius 3 is 2.69 bits per heavy atom. The van der Waals surface area contributed by atoms with E-state index in [4.69, 9.17) is 10.8 Å². The normalized spacial score (nSPS) is 22.7. The van der Waals surface area contributed by atoms with E-state index >= 15 is 0 Å². The minimum absolute atomic E-state index is 0.0320. The molecule has 0 bridgehead atoms. The Bertz CT molecular complexity index is 1270. The number of nitrogens with two attached hydrogens (primary N) is 1. The Hall–Kier alpha value is -2.73. The first kappa shape index (κ1) is 25.4. The van der Waals surface area contributed by atoms with Crippen molar-refractivity contribution in [1.82, 2.24) is 18.9 Å². The molecule has 188 valence electrons. The van der Waals surface area contributed by atoms with Crippen LogP contribution in [0.1, 0.15) is 50.9 Å². The molecule has 10 nitrogen and oxygen atoms in total. The van der Waals surface area contributed by atoms with Gasteiger partial charge in [0.2, 0.25) is 22.3 Å². The van der Waals surface area contributed by atoms with Gasteiger partial charge in [-0.15, -0.1) is 4.59 Å². The van der Waals surface area contributed by atoms with E-state index in [1.807, 2.05) is 38.7 Å². The quantitative estimate of drug-likeness (QED) is 0.367. The van der Waals surface area contributed by atoms with Crippen molar-refractivity contribution in [2.45, 2.75) is 46.6 Å². The van der Waals surface area contributed by atoms with Crippen molar-refractivity contribution in [3.05, 3.63) is 36.0 Å². The predicted molar refractivity (Wildman–Crippen MR) is 139 cm³/mol. The van der Waals surface area contributed by atoms with Crippen LogP contribution in [0.25, 0.3) is 0 Å². The molecule has 4 rings (SSSR count). The highest BCUT2D eigenvalue weighted by Crippen LogP contribution is 2.42. The molecule has 0 amide bonds. The molecule has 1 aromatic heterocycles. The van der Waals surface area contributed by atoms with Crippen LogP contribution in [0, 0.1) is 5.41 Å². The highest BCUT2D eigenvalue weighted by atomic mass is 32.2. The molecule has 1 fully saturated rings. The molecular weight excluding hydrogens is 466 g/mol. The number of aliphatic imine (C=N–C) groups is 1. The van der Waals surface area contributed by atoms with Gasteiger partial charge in [0.15, 0.2) is 11.5 Å². The lowest BCUT2D eigenvalue weighted by atomic mass is 9.86. The van der Waals surface area contributed by atoms with Crippen LogP contribution in [-0.4, -0.2) is 66.7 Å². The number of quaternary nitrogens is 1. The molecule has 2 N–H and O–H groups in total. The molecule has 2 aromatic rings. The van der Waals surface area contributed by atoms with Crippen LogP contribution in [-0.2, 0) is 10.0 Å². The molecule has 1 saturated heterocycles. The molecule has 3 heterocycles. The summed E-state index contributed by atoms with van der Waals surface area (Å²) < 4.78 is 25.5. The van der Waals surface area contributed by atoms with Crippen LogP contribution < -0.4 is 15.3 Å². The molecule has 0 radical (unpaired) electrons. The number of anilines is 1. The summed E-state index contributed by atoms with van der Waals surface area (Å²) in [5.41, 5.74) is 1.44. The number of Topliss-reactive ketones (excluding diaryl/α,β-unsaturated/α-hetero) is 1. The lowest BCUT2D eigenvalue weighted by molar-refractivity contribution is 0.0858. The zero-order valence-electron chi connectivity index (χ0n) is 21.0. The van der Waals surface area contributed by atoms with Crippen molar-refractivity contribution in [2.75, 3.05) is 30.8 Å². The minimum atomic E-state index is -3.26. The maximum atomic E-state index is 12.7. The van der Waals surface area contributed by atoms with E-state index < -0.39 is 15.4 Å². The summed E-state index contributed by atoms with van der Waals surface area (Å²) in [4.78, 5) is 28.5. The number of carbonyl (C=O) groups is 1. The number of fused-ring (bicyclic) bond motifs is 1. The Labute approximate surface area is 207 Å². The van der Waals surface area contributed by atoms with Gasteiger partial charge in [-0.3, -0.25) is 4.79 Å². The number of sulfonamides is 1. The van der Waals surface area contributed by atoms with Gasteiger partial charge in [-0.05, 0) is 31.9 Å². The number of carbonyl (C=O) groups excluding carboxylic acids is 1. The van der Waals surface area contributed by atoms with Crippen molar-refractivity contribution in [3.8, 4) is 0 Å². The average Bonchev–Trinajstić information content (AvgIpc) is 3.15. The Kier molecular flexibility index (Phi) is 6.56. The molecule has 0 spiro atoms. The van der Waals surface area contributed by atoms with Crippen LogP contribution in [0.4, 0.5) is 23.1 Å². The maximum absolute atomic E-state index is 12.7. The minimum Gasteiger partial charge on any atom is -0.337 e. The van der Waals surface area contributed by atoms with E-state index in [1.54, 1.807) is 30.7 Å². The van der Waals surface area contributed by atoms with E-state index in [2.05, 4.69) is 9.98 Å². The number of nitrogens with zero attached hydrogens (tertiary/aromatic N) is 6. The van der Waals surface area contributed by atoms with Crippen molar-refractivity contribution < 1.29 is 13.2 Å². The molecule has 2 aliphatic rings. The van der Waals surface area contributed by atoms with Gasteiger partial charge < -0.3 is 4.90 Å². The third-order valence-corrected chi connectivity index (χ3v) is 7.84. The molecule has 0 saturated carbocycles. The third-order valence-electron chi connectivity index (χ3n) is 6.57. The number of rotatable bonds is 6. The van der Waals surface area contributed by atoms with Gasteiger partial charge in [-0.25, -0.2) is 17.7 Å². The number of hydrogen-bond acceptors (Lipinski definition) is 8. The van der Waals surface area contributed by atoms with E-state index in [1.165, 1.54) is 10.6 Å². The van der Waals surface area contributed by atoms with Gasteiger partial charge in [0, 0.05) is 55.0 Å². The standard InChI is InChI=1S/C24H34N7O3S/c1-6-30(18-8-7-13-29(15-18)35(5,33)34)23-26-12-11-21(28-23)31(25)16-27-19-14-17(9-10-20(19)31)22(32)24(2,3)4/h9-12,14,16,18H,6-8,13,15,25H2,1-5H3/q+1. The highest BCUT2D eigenvalue weighted by Gasteiger charge is 2.39. The monoisotopic (exact) mass is 500 g/mol. The molecule has 2 unspecified atom stereocenters. The van der Waals surface area contributed by atoms with Crippen molar-refractivity contribution in [1.29, 1.82) is 0 Å². The fourth-order valence-corrected chi connectivity index (χ4v) is 5.54. The van der Waals surface area contributed by atoms with Gasteiger partial charge in [0.05, 0.1) is 6.26 Å². The molecule has 11 heteroatoms. The summed E-state index contributed by atoms with van der Waals surface area (Å²) >= 11 is 0. The molecule has 35 heavy (non-hydrogen) atoms. The molecular formula is C24H34N7O3S+. The van der Waals surface area contributed by atoms with E-state index in [9.17, 15) is 13.2 Å². The lowest BCUT2D eigenvalue weighted by Crippen LogP contribution is -2.51. The SMILES string of the molecule is CCN(c1nccc([N+]2(N)C=Nc3cc(C(=O)C(C)(C)C)ccc32)n1)C1CCCN(S(C)(=O)=O)C1. The fraction of sp³-hybridized carbons (Fsp3) is 0.500. The summed E-state index contributed by atoms with van der Waals surface area (Å²) in [6.07, 6.45) is 6.14. The smallest absolute Gasteiger partial charge is 0.263 e. The molecule has 2 aliphatic heterocycles. The van der Waals surface area contributed by atoms with Gasteiger partial charge in [-0.1, -0.05) is 20.8 Å². The Balaban J connectivity index is 1.64. The molecule has 1 aromatic carbocycles. The van der Waals surface area contributed by atoms with Crippen molar-refractivity contribution in [3.63, 3.8) is 0 Å². The number of likely N-dealkylation sites (N-methyl/N-ethyl adjacent to an activating group) is 1. The highest BCUT2D eigenvalue weighted by molar-refractivity contribution is 7.88. The lowest BCUT2D eigenvalue weighted by Gasteiger charge is -2.38. The first-order valence-electron chi connectivity index (χ1n) is 11.8. The Morgan fingerprint density at radius 2 is 2.03 bits per heavy atom. The van der Waals surface area contributed by atoms with Crippen LogP contribution in [0.15, 0.2) is 35.5 Å². The first-order chi connectivity index (χ1) is 16.3. The topological polar surface area (TPSA) is 122 Å². The van der Waals surface area contributed by atoms with Crippen LogP contribution in [0.2, 0.25) is 0 Å². The number of hydrogen-bond donors (Lipinski definition) is 1. The van der Waals surface area contributed by atoms with Gasteiger partial charge in [0.25, 0.3) is 5.82 Å². The van der Waals surface area contributed by atoms with Gasteiger partial charge in [0.1, 0.15) is 5.69 Å². The fourth-order valence-electron chi connectivity index (χ4n) is 4.64. The molecule has 0 aliphatic carbocycles. The van der Waals surface area contributed by atoms with Gasteiger partial charge in [-0.2, -0.15) is 15.8 Å². The summed E-state index contributed by atoms with van der Waals surface area (Å²) in [5.74, 6) is 7.84. The van der Waals surface area contributed by atoms with Crippen LogP contribution >= 0.6 is 0 Å². The van der Waals surface area contributed by atoms with Gasteiger partial charge >= 0.3 is 0 Å². The largest absolute Gasteiger partial charge is 0.337 e. The zero-order valence-corrected chi connectivity index (χ0v) is 21.8. The van der Waals surface area contributed by atoms with Crippen LogP contribution in [0.5, 0.6) is 0 Å². The predicted octanol–water partition coefficient (Wildman–Crippen LogP) is 3.14. The second-order valence-corrected chi connectivity index (χ2v) is 12.2. The van der Waals surface area contributed by atoms with E-state index in [0.29, 0.717) is 48.3 Å². The summed E-state index contributed by atoms with van der Waals surface area (Å²) in [6.45, 7) is 9.22. The second kappa shape index (κ2) is 9.05. The van der Waals surface area contributed by atoms with E-state index in [-0.39, 0.29) is 16.4 Å². The number of benzene rings is 1. The number of aromatic nitrogens is 2. The summed E-state index contributed by atoms with van der Waals surface area (Å²) in [6, 6.07) is 7.09. The molecule has 2 atom stereocenters. The third kappa shape index (κ3) is 4.86. The van der Waals surface area contributed by atoms with Crippen molar-refractivity contribution >= 4 is 45.3 Å². The second-order valence-electron chi connectivity index (χ2n) is 10.2. The first-order valence-corrected chi connectivity index (χ1v) is 13.7. The zero-order chi connectivity index (χ0) is 25.6. The summed E-state index contributed by atoms with van der Waals surface area (Å²) in [5, 5.41) is 0. The van der Waals surface area contributed by atoms with E-state index in [0.717, 1.165) is 12.8 Å².